The van der Waals surface area contributed by atoms with Gasteiger partial charge in [0.15, 0.2) is 0 Å². The van der Waals surface area contributed by atoms with Gasteiger partial charge in [-0.05, 0) is 50.1 Å². The molecule has 1 aromatic rings. The van der Waals surface area contributed by atoms with E-state index in [-0.39, 0.29) is 0 Å². The summed E-state index contributed by atoms with van der Waals surface area (Å²) in [5, 5.41) is 0. The highest BCUT2D eigenvalue weighted by atomic mass is 14.7. The lowest BCUT2D eigenvalue weighted by atomic mass is 10.1. The summed E-state index contributed by atoms with van der Waals surface area (Å²) >= 11 is 0. The number of aliphatic imine (C=N–C) groups is 1. The molecule has 0 spiro atoms. The summed E-state index contributed by atoms with van der Waals surface area (Å²) in [6.45, 7) is 6.01. The van der Waals surface area contributed by atoms with E-state index in [9.17, 15) is 0 Å². The average Bonchev–Trinajstić information content (AvgIpc) is 2.10. The molecule has 0 aliphatic rings. The fraction of sp³-hybridized carbons (Fsp3) is 0.250. The van der Waals surface area contributed by atoms with Gasteiger partial charge < -0.3 is 5.73 Å². The number of nitrogens with two attached hydrogens (primary N) is 1. The van der Waals surface area contributed by atoms with Crippen LogP contribution in [0.3, 0.4) is 0 Å². The van der Waals surface area contributed by atoms with Gasteiger partial charge in [0, 0.05) is 11.9 Å². The Morgan fingerprint density at radius 1 is 1.29 bits per heavy atom. The van der Waals surface area contributed by atoms with Gasteiger partial charge in [0.25, 0.3) is 0 Å². The Balaban J connectivity index is 2.83. The third kappa shape index (κ3) is 3.05. The monoisotopic (exact) mass is 188 g/mol. The zero-order valence-electron chi connectivity index (χ0n) is 8.91. The first kappa shape index (κ1) is 10.5. The molecule has 0 aliphatic carbocycles. The van der Waals surface area contributed by atoms with Gasteiger partial charge in [-0.1, -0.05) is 6.07 Å². The Morgan fingerprint density at radius 3 is 2.57 bits per heavy atom. The SMILES string of the molecule is C/C(N)=C/C=Nc1ccc(C)c(C)c1. The van der Waals surface area contributed by atoms with E-state index >= 15 is 0 Å². The van der Waals surface area contributed by atoms with Crippen molar-refractivity contribution in [2.75, 3.05) is 0 Å². The highest BCUT2D eigenvalue weighted by Gasteiger charge is 1.92. The number of nitrogens with zero attached hydrogens (tertiary/aromatic N) is 1. The average molecular weight is 188 g/mol. The molecule has 0 saturated carbocycles. The predicted molar refractivity (Wildman–Crippen MR) is 62.0 cm³/mol. The highest BCUT2D eigenvalue weighted by Crippen LogP contribution is 2.16. The Morgan fingerprint density at radius 2 is 2.00 bits per heavy atom. The molecule has 2 heteroatoms. The van der Waals surface area contributed by atoms with E-state index in [2.05, 4.69) is 31.0 Å². The van der Waals surface area contributed by atoms with Gasteiger partial charge >= 0.3 is 0 Å². The molecule has 0 bridgehead atoms. The van der Waals surface area contributed by atoms with Gasteiger partial charge in [-0.15, -0.1) is 0 Å². The van der Waals surface area contributed by atoms with Crippen molar-refractivity contribution in [1.82, 2.24) is 0 Å². The fourth-order valence-corrected chi connectivity index (χ4v) is 1.05. The predicted octanol–water partition coefficient (Wildman–Crippen LogP) is 2.87. The second kappa shape index (κ2) is 4.61. The van der Waals surface area contributed by atoms with Crippen molar-refractivity contribution in [3.63, 3.8) is 0 Å². The van der Waals surface area contributed by atoms with Crippen LogP contribution in [0.4, 0.5) is 5.69 Å². The molecule has 0 amide bonds. The van der Waals surface area contributed by atoms with Crippen LogP contribution in [-0.2, 0) is 0 Å². The Hall–Kier alpha value is -1.57. The van der Waals surface area contributed by atoms with Crippen LogP contribution in [0.25, 0.3) is 0 Å². The molecular weight excluding hydrogens is 172 g/mol. The maximum atomic E-state index is 5.48. The fourth-order valence-electron chi connectivity index (χ4n) is 1.05. The molecule has 0 unspecified atom stereocenters. The summed E-state index contributed by atoms with van der Waals surface area (Å²) in [5.41, 5.74) is 9.75. The van der Waals surface area contributed by atoms with Gasteiger partial charge in [-0.25, -0.2) is 0 Å². The number of hydrogen-bond acceptors (Lipinski definition) is 2. The third-order valence-electron chi connectivity index (χ3n) is 2.05. The highest BCUT2D eigenvalue weighted by molar-refractivity contribution is 5.75. The maximum Gasteiger partial charge on any atom is 0.0632 e. The van der Waals surface area contributed by atoms with Crippen LogP contribution < -0.4 is 5.73 Å². The first-order valence-corrected chi connectivity index (χ1v) is 4.63. The Bertz CT molecular complexity index is 372. The topological polar surface area (TPSA) is 38.4 Å². The molecule has 0 fully saturated rings. The number of benzene rings is 1. The van der Waals surface area contributed by atoms with E-state index in [0.717, 1.165) is 11.4 Å². The summed E-state index contributed by atoms with van der Waals surface area (Å²) in [6.07, 6.45) is 3.51. The number of allylic oxidation sites excluding steroid dienone is 2. The summed E-state index contributed by atoms with van der Waals surface area (Å²) in [4.78, 5) is 4.27. The molecule has 14 heavy (non-hydrogen) atoms. The van der Waals surface area contributed by atoms with Crippen molar-refractivity contribution < 1.29 is 0 Å². The van der Waals surface area contributed by atoms with Crippen molar-refractivity contribution in [1.29, 1.82) is 0 Å². The van der Waals surface area contributed by atoms with Crippen LogP contribution in [0.5, 0.6) is 0 Å². The van der Waals surface area contributed by atoms with Crippen molar-refractivity contribution in [2.24, 2.45) is 10.7 Å². The molecule has 0 radical (unpaired) electrons. The largest absolute Gasteiger partial charge is 0.402 e. The van der Waals surface area contributed by atoms with Gasteiger partial charge in [-0.3, -0.25) is 4.99 Å². The van der Waals surface area contributed by atoms with E-state index in [4.69, 9.17) is 5.73 Å². The molecule has 0 aromatic heterocycles. The number of rotatable bonds is 2. The molecule has 0 atom stereocenters. The van der Waals surface area contributed by atoms with Crippen molar-refractivity contribution >= 4 is 11.9 Å². The van der Waals surface area contributed by atoms with E-state index in [1.807, 2.05) is 13.0 Å². The molecular formula is C12H16N2. The first-order valence-electron chi connectivity index (χ1n) is 4.63. The summed E-state index contributed by atoms with van der Waals surface area (Å²) in [6, 6.07) is 6.13. The number of hydrogen-bond donors (Lipinski definition) is 1. The van der Waals surface area contributed by atoms with Crippen LogP contribution in [0.1, 0.15) is 18.1 Å². The van der Waals surface area contributed by atoms with Crippen LogP contribution in [0.2, 0.25) is 0 Å². The van der Waals surface area contributed by atoms with E-state index < -0.39 is 0 Å². The molecule has 74 valence electrons. The number of aryl methyl sites for hydroxylation is 2. The summed E-state index contributed by atoms with van der Waals surface area (Å²) < 4.78 is 0. The molecule has 0 heterocycles. The van der Waals surface area contributed by atoms with Gasteiger partial charge in [-0.2, -0.15) is 0 Å². The molecule has 2 N–H and O–H groups in total. The quantitative estimate of drug-likeness (QED) is 0.712. The standard InChI is InChI=1S/C12H16N2/c1-9-4-5-12(8-10(9)2)14-7-6-11(3)13/h4-8H,13H2,1-3H3/b11-6-,14-7?. The Labute approximate surface area is 85.2 Å². The van der Waals surface area contributed by atoms with Crippen molar-refractivity contribution in [3.05, 3.63) is 41.1 Å². The van der Waals surface area contributed by atoms with E-state index in [1.165, 1.54) is 11.1 Å². The molecule has 0 saturated heterocycles. The molecule has 2 nitrogen and oxygen atoms in total. The van der Waals surface area contributed by atoms with Crippen LogP contribution >= 0.6 is 0 Å². The van der Waals surface area contributed by atoms with Crippen molar-refractivity contribution in [3.8, 4) is 0 Å². The zero-order chi connectivity index (χ0) is 10.6. The normalized spacial score (nSPS) is 12.4. The lowest BCUT2D eigenvalue weighted by molar-refractivity contribution is 1.32. The minimum atomic E-state index is 0.762. The minimum absolute atomic E-state index is 0.762. The van der Waals surface area contributed by atoms with Crippen molar-refractivity contribution in [2.45, 2.75) is 20.8 Å². The molecule has 1 rings (SSSR count). The lowest BCUT2D eigenvalue weighted by Crippen LogP contribution is -1.89. The van der Waals surface area contributed by atoms with Gasteiger partial charge in [0.2, 0.25) is 0 Å². The summed E-state index contributed by atoms with van der Waals surface area (Å²) in [7, 11) is 0. The maximum absolute atomic E-state index is 5.48. The van der Waals surface area contributed by atoms with Crippen LogP contribution in [0, 0.1) is 13.8 Å². The van der Waals surface area contributed by atoms with E-state index in [1.54, 1.807) is 12.3 Å². The lowest BCUT2D eigenvalue weighted by Gasteiger charge is -1.99. The van der Waals surface area contributed by atoms with Gasteiger partial charge in [0.05, 0.1) is 5.69 Å². The smallest absolute Gasteiger partial charge is 0.0632 e. The minimum Gasteiger partial charge on any atom is -0.402 e. The third-order valence-corrected chi connectivity index (χ3v) is 2.05. The summed E-state index contributed by atoms with van der Waals surface area (Å²) in [5.74, 6) is 0. The first-order chi connectivity index (χ1) is 6.59. The van der Waals surface area contributed by atoms with E-state index in [0.29, 0.717) is 0 Å². The Kier molecular flexibility index (Phi) is 3.46. The van der Waals surface area contributed by atoms with Gasteiger partial charge in [0.1, 0.15) is 0 Å². The zero-order valence-corrected chi connectivity index (χ0v) is 8.91. The molecule has 1 aromatic carbocycles. The van der Waals surface area contributed by atoms with Crippen LogP contribution in [-0.4, -0.2) is 6.21 Å². The van der Waals surface area contributed by atoms with Crippen LogP contribution in [0.15, 0.2) is 35.0 Å². The second-order valence-electron chi connectivity index (χ2n) is 3.46. The molecule has 0 aliphatic heterocycles. The second-order valence-corrected chi connectivity index (χ2v) is 3.46.